The summed E-state index contributed by atoms with van der Waals surface area (Å²) in [5, 5.41) is 2.95. The van der Waals surface area contributed by atoms with E-state index in [4.69, 9.17) is 0 Å². The Balaban J connectivity index is 1.52. The first-order chi connectivity index (χ1) is 13.8. The summed E-state index contributed by atoms with van der Waals surface area (Å²) in [6.45, 7) is 3.59. The van der Waals surface area contributed by atoms with Crippen LogP contribution < -0.4 is 4.90 Å². The second-order valence-electron chi connectivity index (χ2n) is 7.66. The standard InChI is InChI=1S/C19H22F3N5OS/c1-13-25-14(11-29-13)10-27-17(28)3-5-18(27)4-2-7-26(8-6-18)16-9-15(19(20,21)22)23-12-24-16/h9,11-12H,2-8,10H2,1H3. The van der Waals surface area contributed by atoms with E-state index in [0.717, 1.165) is 42.4 Å². The molecule has 29 heavy (non-hydrogen) atoms. The van der Waals surface area contributed by atoms with Gasteiger partial charge in [0.15, 0.2) is 0 Å². The molecule has 2 fully saturated rings. The summed E-state index contributed by atoms with van der Waals surface area (Å²) in [6, 6.07) is 1.01. The van der Waals surface area contributed by atoms with Crippen LogP contribution in [0.3, 0.4) is 0 Å². The summed E-state index contributed by atoms with van der Waals surface area (Å²) in [4.78, 5) is 28.4. The van der Waals surface area contributed by atoms with Crippen molar-refractivity contribution in [2.24, 2.45) is 0 Å². The number of hydrogen-bond donors (Lipinski definition) is 0. The summed E-state index contributed by atoms with van der Waals surface area (Å²) in [6.07, 6.45) is 0.0725. The van der Waals surface area contributed by atoms with E-state index in [1.807, 2.05) is 22.1 Å². The number of carbonyl (C=O) groups excluding carboxylic acids is 1. The van der Waals surface area contributed by atoms with Crippen LogP contribution in [0.25, 0.3) is 0 Å². The van der Waals surface area contributed by atoms with Crippen molar-refractivity contribution in [3.8, 4) is 0 Å². The Bertz CT molecular complexity index is 902. The highest BCUT2D eigenvalue weighted by Gasteiger charge is 2.46. The Morgan fingerprint density at radius 1 is 1.21 bits per heavy atom. The maximum Gasteiger partial charge on any atom is 0.433 e. The molecular formula is C19H22F3N5OS. The molecule has 0 bridgehead atoms. The fourth-order valence-electron chi connectivity index (χ4n) is 4.38. The van der Waals surface area contributed by atoms with Crippen LogP contribution in [0.15, 0.2) is 17.8 Å². The van der Waals surface area contributed by atoms with Crippen LogP contribution >= 0.6 is 11.3 Å². The molecule has 4 rings (SSSR count). The van der Waals surface area contributed by atoms with Gasteiger partial charge in [-0.3, -0.25) is 4.79 Å². The van der Waals surface area contributed by atoms with Crippen molar-refractivity contribution in [1.29, 1.82) is 0 Å². The molecule has 0 aromatic carbocycles. The van der Waals surface area contributed by atoms with Crippen molar-refractivity contribution in [3.63, 3.8) is 0 Å². The molecule has 2 aromatic rings. The van der Waals surface area contributed by atoms with E-state index >= 15 is 0 Å². The monoisotopic (exact) mass is 425 g/mol. The lowest BCUT2D eigenvalue weighted by Crippen LogP contribution is -2.46. The maximum atomic E-state index is 13.0. The van der Waals surface area contributed by atoms with Crippen LogP contribution in [0, 0.1) is 6.92 Å². The molecule has 1 amide bonds. The highest BCUT2D eigenvalue weighted by Crippen LogP contribution is 2.41. The molecule has 2 aliphatic heterocycles. The zero-order chi connectivity index (χ0) is 20.6. The highest BCUT2D eigenvalue weighted by atomic mass is 32.1. The van der Waals surface area contributed by atoms with E-state index in [0.29, 0.717) is 32.5 Å². The molecule has 0 aliphatic carbocycles. The minimum absolute atomic E-state index is 0.130. The van der Waals surface area contributed by atoms with Crippen molar-refractivity contribution >= 4 is 23.1 Å². The van der Waals surface area contributed by atoms with Gasteiger partial charge in [-0.25, -0.2) is 15.0 Å². The van der Waals surface area contributed by atoms with Gasteiger partial charge in [0.1, 0.15) is 17.8 Å². The molecule has 2 saturated heterocycles. The average molecular weight is 425 g/mol. The first-order valence-electron chi connectivity index (χ1n) is 9.63. The lowest BCUT2D eigenvalue weighted by Gasteiger charge is -2.38. The summed E-state index contributed by atoms with van der Waals surface area (Å²) in [5.74, 6) is 0.417. The van der Waals surface area contributed by atoms with E-state index in [2.05, 4.69) is 15.0 Å². The third kappa shape index (κ3) is 4.08. The molecule has 1 unspecified atom stereocenters. The van der Waals surface area contributed by atoms with E-state index in [-0.39, 0.29) is 17.3 Å². The Morgan fingerprint density at radius 2 is 2.03 bits per heavy atom. The van der Waals surface area contributed by atoms with Gasteiger partial charge >= 0.3 is 6.18 Å². The quantitative estimate of drug-likeness (QED) is 0.748. The number of aryl methyl sites for hydroxylation is 1. The molecule has 2 aromatic heterocycles. The number of thiazole rings is 1. The largest absolute Gasteiger partial charge is 0.433 e. The number of halogens is 3. The number of rotatable bonds is 3. The number of likely N-dealkylation sites (tertiary alicyclic amines) is 1. The van der Waals surface area contributed by atoms with Gasteiger partial charge in [-0.15, -0.1) is 11.3 Å². The zero-order valence-electron chi connectivity index (χ0n) is 16.1. The second kappa shape index (κ2) is 7.55. The van der Waals surface area contributed by atoms with Gasteiger partial charge in [0.25, 0.3) is 0 Å². The Hall–Kier alpha value is -2.23. The van der Waals surface area contributed by atoms with Gasteiger partial charge in [0.2, 0.25) is 5.91 Å². The van der Waals surface area contributed by atoms with Crippen molar-refractivity contribution < 1.29 is 18.0 Å². The first-order valence-corrected chi connectivity index (χ1v) is 10.5. The molecule has 0 radical (unpaired) electrons. The predicted molar refractivity (Wildman–Crippen MR) is 102 cm³/mol. The zero-order valence-corrected chi connectivity index (χ0v) is 16.9. The fourth-order valence-corrected chi connectivity index (χ4v) is 4.98. The summed E-state index contributed by atoms with van der Waals surface area (Å²) < 4.78 is 39.0. The van der Waals surface area contributed by atoms with Gasteiger partial charge in [-0.05, 0) is 32.6 Å². The molecule has 10 heteroatoms. The van der Waals surface area contributed by atoms with Crippen molar-refractivity contribution in [2.75, 3.05) is 18.0 Å². The molecule has 6 nitrogen and oxygen atoms in total. The maximum absolute atomic E-state index is 13.0. The predicted octanol–water partition coefficient (Wildman–Crippen LogP) is 3.81. The number of aromatic nitrogens is 3. The van der Waals surface area contributed by atoms with Crippen molar-refractivity contribution in [3.05, 3.63) is 34.2 Å². The van der Waals surface area contributed by atoms with Crippen molar-refractivity contribution in [2.45, 2.75) is 57.3 Å². The Labute approximate surface area is 170 Å². The fraction of sp³-hybridized carbons (Fsp3) is 0.579. The van der Waals surface area contributed by atoms with Gasteiger partial charge in [-0.2, -0.15) is 13.2 Å². The number of amides is 1. The minimum Gasteiger partial charge on any atom is -0.356 e. The summed E-state index contributed by atoms with van der Waals surface area (Å²) >= 11 is 1.57. The van der Waals surface area contributed by atoms with E-state index in [1.54, 1.807) is 11.3 Å². The highest BCUT2D eigenvalue weighted by molar-refractivity contribution is 7.09. The molecule has 0 N–H and O–H groups in total. The normalized spacial score (nSPS) is 23.1. The van der Waals surface area contributed by atoms with E-state index in [9.17, 15) is 18.0 Å². The molecule has 4 heterocycles. The van der Waals surface area contributed by atoms with Crippen LogP contribution in [0.1, 0.15) is 48.5 Å². The number of nitrogens with zero attached hydrogens (tertiary/aromatic N) is 5. The number of anilines is 1. The van der Waals surface area contributed by atoms with E-state index in [1.165, 1.54) is 0 Å². The molecule has 156 valence electrons. The third-order valence-corrected chi connectivity index (χ3v) is 6.67. The van der Waals surface area contributed by atoms with Gasteiger partial charge in [-0.1, -0.05) is 0 Å². The minimum atomic E-state index is -4.49. The van der Waals surface area contributed by atoms with Crippen LogP contribution in [0.2, 0.25) is 0 Å². The molecule has 2 aliphatic rings. The van der Waals surface area contributed by atoms with Gasteiger partial charge < -0.3 is 9.80 Å². The van der Waals surface area contributed by atoms with E-state index < -0.39 is 11.9 Å². The molecule has 1 spiro atoms. The molecule has 1 atom stereocenters. The SMILES string of the molecule is Cc1nc(CN2C(=O)CCC23CCCN(c2cc(C(F)(F)F)ncn2)CC3)cs1. The Morgan fingerprint density at radius 3 is 2.76 bits per heavy atom. The van der Waals surface area contributed by atoms with Crippen molar-refractivity contribution in [1.82, 2.24) is 19.9 Å². The molecular weight excluding hydrogens is 403 g/mol. The lowest BCUT2D eigenvalue weighted by molar-refractivity contribution is -0.141. The second-order valence-corrected chi connectivity index (χ2v) is 8.72. The number of hydrogen-bond acceptors (Lipinski definition) is 6. The Kier molecular flexibility index (Phi) is 5.22. The summed E-state index contributed by atoms with van der Waals surface area (Å²) in [5.41, 5.74) is -0.296. The van der Waals surface area contributed by atoms with Gasteiger partial charge in [0, 0.05) is 36.5 Å². The van der Waals surface area contributed by atoms with Crippen LogP contribution in [-0.2, 0) is 17.5 Å². The van der Waals surface area contributed by atoms with Gasteiger partial charge in [0.05, 0.1) is 17.2 Å². The van der Waals surface area contributed by atoms with Crippen LogP contribution in [0.5, 0.6) is 0 Å². The van der Waals surface area contributed by atoms with Crippen LogP contribution in [0.4, 0.5) is 19.0 Å². The lowest BCUT2D eigenvalue weighted by atomic mass is 9.87. The average Bonchev–Trinajstić information content (AvgIpc) is 3.13. The topological polar surface area (TPSA) is 62.2 Å². The van der Waals surface area contributed by atoms with Crippen LogP contribution in [-0.4, -0.2) is 44.4 Å². The smallest absolute Gasteiger partial charge is 0.356 e. The first kappa shape index (κ1) is 20.1. The molecule has 0 saturated carbocycles. The summed E-state index contributed by atoms with van der Waals surface area (Å²) in [7, 11) is 0. The number of carbonyl (C=O) groups is 1. The number of alkyl halides is 3. The third-order valence-electron chi connectivity index (χ3n) is 5.85.